The Labute approximate surface area is 186 Å². The number of aromatic nitrogens is 2. The highest BCUT2D eigenvalue weighted by Gasteiger charge is 2.48. The van der Waals surface area contributed by atoms with Gasteiger partial charge in [0.15, 0.2) is 0 Å². The van der Waals surface area contributed by atoms with Crippen molar-refractivity contribution in [2.45, 2.75) is 64.2 Å². The van der Waals surface area contributed by atoms with Crippen molar-refractivity contribution >= 4 is 33.4 Å². The number of nitrogens with zero attached hydrogens (tertiary/aromatic N) is 3. The maximum Gasteiger partial charge on any atom is 0.271 e. The van der Waals surface area contributed by atoms with Crippen LogP contribution in [0.15, 0.2) is 41.9 Å². The predicted molar refractivity (Wildman–Crippen MR) is 122 cm³/mol. The highest BCUT2D eigenvalue weighted by molar-refractivity contribution is 7.17. The van der Waals surface area contributed by atoms with Crippen LogP contribution in [0.1, 0.15) is 55.7 Å². The van der Waals surface area contributed by atoms with Crippen LogP contribution in [0.25, 0.3) is 10.2 Å². The second-order valence-corrected chi connectivity index (χ2v) is 10.1. The average Bonchev–Trinajstić information content (AvgIpc) is 3.36. The third-order valence-corrected chi connectivity index (χ3v) is 7.79. The van der Waals surface area contributed by atoms with Gasteiger partial charge in [0.2, 0.25) is 5.91 Å². The van der Waals surface area contributed by atoms with E-state index in [4.69, 9.17) is 0 Å². The summed E-state index contributed by atoms with van der Waals surface area (Å²) in [6, 6.07) is 9.84. The van der Waals surface area contributed by atoms with Crippen molar-refractivity contribution in [3.8, 4) is 0 Å². The van der Waals surface area contributed by atoms with Crippen LogP contribution in [-0.4, -0.2) is 37.8 Å². The Hall–Kier alpha value is -2.67. The lowest BCUT2D eigenvalue weighted by Gasteiger charge is -2.44. The fraction of sp³-hybridized carbons (Fsp3) is 0.458. The molecule has 1 atom stereocenters. The highest BCUT2D eigenvalue weighted by Crippen LogP contribution is 2.35. The number of nitrogens with one attached hydrogen (secondary N) is 1. The van der Waals surface area contributed by atoms with Gasteiger partial charge in [-0.2, -0.15) is 0 Å². The van der Waals surface area contributed by atoms with E-state index >= 15 is 0 Å². The van der Waals surface area contributed by atoms with Gasteiger partial charge in [0.25, 0.3) is 5.91 Å². The number of rotatable bonds is 4. The van der Waals surface area contributed by atoms with Gasteiger partial charge in [-0.05, 0) is 68.2 Å². The van der Waals surface area contributed by atoms with Gasteiger partial charge in [-0.1, -0.05) is 13.0 Å². The van der Waals surface area contributed by atoms with Crippen molar-refractivity contribution in [3.63, 3.8) is 0 Å². The SMILES string of the molecule is CC1CCC(NC(=O)[C@]2(C)Cn3c(cc4sccc43)C(=O)N2Cc2ccccn2)CC1. The first kappa shape index (κ1) is 20.2. The van der Waals surface area contributed by atoms with Gasteiger partial charge >= 0.3 is 0 Å². The summed E-state index contributed by atoms with van der Waals surface area (Å²) in [6.45, 7) is 4.92. The lowest BCUT2D eigenvalue weighted by atomic mass is 9.86. The molecule has 1 N–H and O–H groups in total. The Bertz CT molecular complexity index is 1110. The molecular formula is C24H28N4O2S. The summed E-state index contributed by atoms with van der Waals surface area (Å²) >= 11 is 1.62. The quantitative estimate of drug-likeness (QED) is 0.666. The maximum absolute atomic E-state index is 13.7. The van der Waals surface area contributed by atoms with E-state index < -0.39 is 5.54 Å². The number of pyridine rings is 1. The predicted octanol–water partition coefficient (Wildman–Crippen LogP) is 4.21. The largest absolute Gasteiger partial charge is 0.351 e. The molecule has 4 heterocycles. The summed E-state index contributed by atoms with van der Waals surface area (Å²) in [6.07, 6.45) is 6.00. The molecule has 5 rings (SSSR count). The van der Waals surface area contributed by atoms with E-state index in [-0.39, 0.29) is 17.9 Å². The number of amides is 2. The molecule has 2 aliphatic rings. The summed E-state index contributed by atoms with van der Waals surface area (Å²) in [5.74, 6) is 0.532. The number of hydrogen-bond acceptors (Lipinski definition) is 4. The molecule has 0 unspecified atom stereocenters. The number of carbonyl (C=O) groups excluding carboxylic acids is 2. The van der Waals surface area contributed by atoms with Crippen LogP contribution in [-0.2, 0) is 17.9 Å². The minimum absolute atomic E-state index is 0.0703. The fourth-order valence-corrected chi connectivity index (χ4v) is 5.74. The smallest absolute Gasteiger partial charge is 0.271 e. The second-order valence-electron chi connectivity index (χ2n) is 9.20. The molecule has 1 aliphatic carbocycles. The van der Waals surface area contributed by atoms with Crippen molar-refractivity contribution in [2.75, 3.05) is 0 Å². The number of fused-ring (bicyclic) bond motifs is 3. The second kappa shape index (κ2) is 7.79. The minimum atomic E-state index is -0.988. The average molecular weight is 437 g/mol. The Morgan fingerprint density at radius 2 is 2.06 bits per heavy atom. The number of carbonyl (C=O) groups is 2. The maximum atomic E-state index is 13.7. The first-order valence-corrected chi connectivity index (χ1v) is 11.9. The molecule has 2 amide bonds. The lowest BCUT2D eigenvalue weighted by molar-refractivity contribution is -0.134. The molecule has 1 fully saturated rings. The van der Waals surface area contributed by atoms with Crippen LogP contribution in [0.4, 0.5) is 0 Å². The van der Waals surface area contributed by atoms with E-state index in [9.17, 15) is 9.59 Å². The molecule has 0 spiro atoms. The van der Waals surface area contributed by atoms with Gasteiger partial charge in [-0.3, -0.25) is 14.6 Å². The van der Waals surface area contributed by atoms with E-state index in [1.54, 1.807) is 22.4 Å². The van der Waals surface area contributed by atoms with Crippen LogP contribution in [0.3, 0.4) is 0 Å². The Morgan fingerprint density at radius 1 is 1.26 bits per heavy atom. The van der Waals surface area contributed by atoms with Crippen molar-refractivity contribution < 1.29 is 9.59 Å². The third-order valence-electron chi connectivity index (χ3n) is 6.94. The summed E-state index contributed by atoms with van der Waals surface area (Å²) < 4.78 is 3.10. The summed E-state index contributed by atoms with van der Waals surface area (Å²) in [5.41, 5.74) is 1.47. The molecule has 162 valence electrons. The molecule has 6 nitrogen and oxygen atoms in total. The minimum Gasteiger partial charge on any atom is -0.351 e. The molecule has 0 bridgehead atoms. The molecule has 3 aromatic heterocycles. The van der Waals surface area contributed by atoms with Crippen LogP contribution in [0, 0.1) is 5.92 Å². The molecule has 7 heteroatoms. The van der Waals surface area contributed by atoms with E-state index in [2.05, 4.69) is 17.2 Å². The van der Waals surface area contributed by atoms with Gasteiger partial charge in [0, 0.05) is 12.2 Å². The van der Waals surface area contributed by atoms with Gasteiger partial charge in [-0.15, -0.1) is 11.3 Å². The van der Waals surface area contributed by atoms with Gasteiger partial charge in [0.1, 0.15) is 11.2 Å². The summed E-state index contributed by atoms with van der Waals surface area (Å²) in [7, 11) is 0. The molecule has 1 aliphatic heterocycles. The summed E-state index contributed by atoms with van der Waals surface area (Å²) in [5, 5.41) is 5.32. The van der Waals surface area contributed by atoms with Crippen LogP contribution in [0.5, 0.6) is 0 Å². The Balaban J connectivity index is 1.50. The van der Waals surface area contributed by atoms with Crippen molar-refractivity contribution in [1.29, 1.82) is 0 Å². The normalized spacial score (nSPS) is 26.1. The third kappa shape index (κ3) is 3.55. The zero-order valence-electron chi connectivity index (χ0n) is 18.0. The summed E-state index contributed by atoms with van der Waals surface area (Å²) in [4.78, 5) is 33.5. The lowest BCUT2D eigenvalue weighted by Crippen LogP contribution is -2.64. The zero-order chi connectivity index (χ0) is 21.6. The molecule has 0 aromatic carbocycles. The van der Waals surface area contributed by atoms with Crippen molar-refractivity contribution in [2.24, 2.45) is 5.92 Å². The van der Waals surface area contributed by atoms with Gasteiger partial charge < -0.3 is 14.8 Å². The van der Waals surface area contributed by atoms with E-state index in [0.29, 0.717) is 18.8 Å². The topological polar surface area (TPSA) is 67.2 Å². The van der Waals surface area contributed by atoms with Crippen LogP contribution >= 0.6 is 11.3 Å². The van der Waals surface area contributed by atoms with Gasteiger partial charge in [0.05, 0.1) is 29.0 Å². The van der Waals surface area contributed by atoms with Gasteiger partial charge in [-0.25, -0.2) is 0 Å². The van der Waals surface area contributed by atoms with Crippen molar-refractivity contribution in [1.82, 2.24) is 19.8 Å². The molecule has 0 saturated heterocycles. The zero-order valence-corrected chi connectivity index (χ0v) is 18.8. The monoisotopic (exact) mass is 436 g/mol. The highest BCUT2D eigenvalue weighted by atomic mass is 32.1. The first-order valence-electron chi connectivity index (χ1n) is 11.1. The van der Waals surface area contributed by atoms with E-state index in [1.165, 1.54) is 0 Å². The van der Waals surface area contributed by atoms with Crippen LogP contribution < -0.4 is 5.32 Å². The van der Waals surface area contributed by atoms with Crippen LogP contribution in [0.2, 0.25) is 0 Å². The standard InChI is InChI=1S/C24H28N4O2S/c1-16-6-8-17(9-7-16)26-23(30)24(2)15-27-19-10-12-31-21(19)13-20(27)22(29)28(24)14-18-5-3-4-11-25-18/h3-5,10-13,16-17H,6-9,14-15H2,1-2H3,(H,26,30)/t16?,17?,24-/m0/s1. The first-order chi connectivity index (χ1) is 15.0. The fourth-order valence-electron chi connectivity index (χ4n) is 4.92. The van der Waals surface area contributed by atoms with E-state index in [0.717, 1.165) is 47.5 Å². The Morgan fingerprint density at radius 3 is 2.81 bits per heavy atom. The van der Waals surface area contributed by atoms with Crippen molar-refractivity contribution in [3.05, 3.63) is 53.3 Å². The molecule has 0 radical (unpaired) electrons. The van der Waals surface area contributed by atoms with E-state index in [1.807, 2.05) is 47.2 Å². The molecular weight excluding hydrogens is 408 g/mol. The molecule has 3 aromatic rings. The Kier molecular flexibility index (Phi) is 5.08. The molecule has 31 heavy (non-hydrogen) atoms. The number of hydrogen-bond donors (Lipinski definition) is 1. The molecule has 1 saturated carbocycles. The number of thiophene rings is 1.